The molecule has 2 rings (SSSR count). The second-order valence-electron chi connectivity index (χ2n) is 5.52. The van der Waals surface area contributed by atoms with Crippen molar-refractivity contribution >= 4 is 5.91 Å². The molecule has 0 fully saturated rings. The number of rotatable bonds is 10. The van der Waals surface area contributed by atoms with Crippen molar-refractivity contribution in [1.82, 2.24) is 5.32 Å². The van der Waals surface area contributed by atoms with Crippen LogP contribution in [0.5, 0.6) is 11.5 Å². The molecule has 6 heteroatoms. The lowest BCUT2D eigenvalue weighted by atomic mass is 10.1. The van der Waals surface area contributed by atoms with Crippen LogP contribution in [0.4, 0.5) is 0 Å². The van der Waals surface area contributed by atoms with Crippen molar-refractivity contribution in [2.45, 2.75) is 26.3 Å². The summed E-state index contributed by atoms with van der Waals surface area (Å²) in [5, 5.41) is 2.92. The first-order valence-electron chi connectivity index (χ1n) is 8.33. The van der Waals surface area contributed by atoms with E-state index in [2.05, 4.69) is 5.32 Å². The van der Waals surface area contributed by atoms with E-state index in [0.29, 0.717) is 36.9 Å². The smallest absolute Gasteiger partial charge is 0.258 e. The summed E-state index contributed by atoms with van der Waals surface area (Å²) in [6, 6.07) is 10.8. The van der Waals surface area contributed by atoms with Gasteiger partial charge in [0, 0.05) is 13.7 Å². The molecule has 6 nitrogen and oxygen atoms in total. The fourth-order valence-electron chi connectivity index (χ4n) is 2.39. The average Bonchev–Trinajstić information content (AvgIpc) is 3.04. The Morgan fingerprint density at radius 2 is 1.88 bits per heavy atom. The number of methoxy groups -OCH3 is 1. The molecule has 0 aliphatic rings. The third kappa shape index (κ3) is 5.83. The van der Waals surface area contributed by atoms with Crippen LogP contribution in [0, 0.1) is 6.92 Å². The van der Waals surface area contributed by atoms with E-state index in [1.165, 1.54) is 0 Å². The number of benzene rings is 1. The van der Waals surface area contributed by atoms with Crippen molar-refractivity contribution in [2.75, 3.05) is 26.9 Å². The van der Waals surface area contributed by atoms with E-state index >= 15 is 0 Å². The molecule has 136 valence electrons. The fourth-order valence-corrected chi connectivity index (χ4v) is 2.39. The molecule has 25 heavy (non-hydrogen) atoms. The van der Waals surface area contributed by atoms with Gasteiger partial charge in [-0.25, -0.2) is 0 Å². The molecule has 2 aromatic rings. The fraction of sp³-hybridized carbons (Fsp3) is 0.421. The first-order chi connectivity index (χ1) is 12.1. The standard InChI is InChI=1S/C19H25NO5/c1-4-23-17-7-5-6-8-18(17)24-13-19(21)20-15(11-12-22-3)16-10-9-14(2)25-16/h5-10,15H,4,11-13H2,1-3H3,(H,20,21)/t15-/m1/s1. The Morgan fingerprint density at radius 3 is 2.48 bits per heavy atom. The van der Waals surface area contributed by atoms with Crippen molar-refractivity contribution in [1.29, 1.82) is 0 Å². The summed E-state index contributed by atoms with van der Waals surface area (Å²) in [6.07, 6.45) is 0.616. The van der Waals surface area contributed by atoms with Gasteiger partial charge < -0.3 is 23.9 Å². The summed E-state index contributed by atoms with van der Waals surface area (Å²) < 4.78 is 21.8. The SMILES string of the molecule is CCOc1ccccc1OCC(=O)N[C@H](CCOC)c1ccc(C)o1. The zero-order chi connectivity index (χ0) is 18.1. The summed E-state index contributed by atoms with van der Waals surface area (Å²) in [7, 11) is 1.63. The zero-order valence-electron chi connectivity index (χ0n) is 14.9. The molecule has 0 aliphatic heterocycles. The molecular weight excluding hydrogens is 322 g/mol. The Morgan fingerprint density at radius 1 is 1.16 bits per heavy atom. The van der Waals surface area contributed by atoms with Crippen LogP contribution in [-0.2, 0) is 9.53 Å². The van der Waals surface area contributed by atoms with Crippen LogP contribution in [0.3, 0.4) is 0 Å². The lowest BCUT2D eigenvalue weighted by molar-refractivity contribution is -0.124. The predicted octanol–water partition coefficient (Wildman–Crippen LogP) is 3.26. The van der Waals surface area contributed by atoms with E-state index in [1.807, 2.05) is 44.2 Å². The molecule has 1 heterocycles. The van der Waals surface area contributed by atoms with Crippen LogP contribution < -0.4 is 14.8 Å². The Labute approximate surface area is 148 Å². The minimum atomic E-state index is -0.258. The van der Waals surface area contributed by atoms with Crippen molar-refractivity contribution in [3.05, 3.63) is 47.9 Å². The van der Waals surface area contributed by atoms with Gasteiger partial charge >= 0.3 is 0 Å². The number of hydrogen-bond donors (Lipinski definition) is 1. The molecule has 0 bridgehead atoms. The summed E-state index contributed by atoms with van der Waals surface area (Å²) in [4.78, 5) is 12.3. The lowest BCUT2D eigenvalue weighted by Gasteiger charge is -2.17. The second-order valence-corrected chi connectivity index (χ2v) is 5.52. The maximum absolute atomic E-state index is 12.3. The maximum Gasteiger partial charge on any atom is 0.258 e. The molecule has 1 atom stereocenters. The quantitative estimate of drug-likeness (QED) is 0.714. The van der Waals surface area contributed by atoms with E-state index < -0.39 is 0 Å². The average molecular weight is 347 g/mol. The van der Waals surface area contributed by atoms with E-state index in [0.717, 1.165) is 5.76 Å². The molecule has 0 radical (unpaired) electrons. The summed E-state index contributed by atoms with van der Waals surface area (Å²) >= 11 is 0. The van der Waals surface area contributed by atoms with Crippen molar-refractivity contribution < 1.29 is 23.4 Å². The monoisotopic (exact) mass is 347 g/mol. The van der Waals surface area contributed by atoms with Crippen LogP contribution in [0.25, 0.3) is 0 Å². The van der Waals surface area contributed by atoms with Crippen LogP contribution >= 0.6 is 0 Å². The van der Waals surface area contributed by atoms with Crippen molar-refractivity contribution in [3.8, 4) is 11.5 Å². The molecule has 0 saturated carbocycles. The van der Waals surface area contributed by atoms with E-state index in [9.17, 15) is 4.79 Å². The molecule has 1 aromatic carbocycles. The number of ether oxygens (including phenoxy) is 3. The highest BCUT2D eigenvalue weighted by molar-refractivity contribution is 5.78. The number of amides is 1. The summed E-state index contributed by atoms with van der Waals surface area (Å²) in [5.41, 5.74) is 0. The van der Waals surface area contributed by atoms with Gasteiger partial charge in [0.05, 0.1) is 12.6 Å². The number of nitrogens with one attached hydrogen (secondary N) is 1. The van der Waals surface area contributed by atoms with Crippen molar-refractivity contribution in [3.63, 3.8) is 0 Å². The first kappa shape index (κ1) is 18.9. The number of carbonyl (C=O) groups is 1. The number of hydrogen-bond acceptors (Lipinski definition) is 5. The molecule has 1 amide bonds. The third-order valence-electron chi connectivity index (χ3n) is 3.56. The largest absolute Gasteiger partial charge is 0.490 e. The minimum Gasteiger partial charge on any atom is -0.490 e. The maximum atomic E-state index is 12.3. The Bertz CT molecular complexity index is 667. The first-order valence-corrected chi connectivity index (χ1v) is 8.33. The summed E-state index contributed by atoms with van der Waals surface area (Å²) in [5.74, 6) is 2.44. The predicted molar refractivity (Wildman–Crippen MR) is 93.9 cm³/mol. The highest BCUT2D eigenvalue weighted by Gasteiger charge is 2.18. The molecule has 1 N–H and O–H groups in total. The number of aryl methyl sites for hydroxylation is 1. The van der Waals surface area contributed by atoms with E-state index in [1.54, 1.807) is 13.2 Å². The van der Waals surface area contributed by atoms with Crippen LogP contribution in [0.15, 0.2) is 40.8 Å². The van der Waals surface area contributed by atoms with E-state index in [4.69, 9.17) is 18.6 Å². The van der Waals surface area contributed by atoms with Crippen LogP contribution in [-0.4, -0.2) is 32.8 Å². The molecular formula is C19H25NO5. The van der Waals surface area contributed by atoms with Gasteiger partial charge in [0.25, 0.3) is 5.91 Å². The van der Waals surface area contributed by atoms with Gasteiger partial charge in [0.15, 0.2) is 18.1 Å². The highest BCUT2D eigenvalue weighted by atomic mass is 16.5. The molecule has 0 unspecified atom stereocenters. The van der Waals surface area contributed by atoms with Gasteiger partial charge in [-0.05, 0) is 44.5 Å². The molecule has 0 aliphatic carbocycles. The highest BCUT2D eigenvalue weighted by Crippen LogP contribution is 2.26. The van der Waals surface area contributed by atoms with Gasteiger partial charge in [-0.1, -0.05) is 12.1 Å². The number of furan rings is 1. The number of carbonyl (C=O) groups excluding carboxylic acids is 1. The zero-order valence-corrected chi connectivity index (χ0v) is 14.9. The van der Waals surface area contributed by atoms with Crippen LogP contribution in [0.1, 0.15) is 30.9 Å². The Balaban J connectivity index is 1.94. The minimum absolute atomic E-state index is 0.104. The van der Waals surface area contributed by atoms with Gasteiger partial charge in [0.2, 0.25) is 0 Å². The Kier molecular flexibility index (Phi) is 7.35. The van der Waals surface area contributed by atoms with Gasteiger partial charge in [0.1, 0.15) is 11.5 Å². The molecule has 0 saturated heterocycles. The topological polar surface area (TPSA) is 69.9 Å². The van der Waals surface area contributed by atoms with E-state index in [-0.39, 0.29) is 18.6 Å². The van der Waals surface area contributed by atoms with Gasteiger partial charge in [-0.3, -0.25) is 4.79 Å². The number of para-hydroxylation sites is 2. The van der Waals surface area contributed by atoms with Crippen LogP contribution in [0.2, 0.25) is 0 Å². The molecule has 0 spiro atoms. The summed E-state index contributed by atoms with van der Waals surface area (Å²) in [6.45, 7) is 4.71. The van der Waals surface area contributed by atoms with Gasteiger partial charge in [-0.15, -0.1) is 0 Å². The van der Waals surface area contributed by atoms with Gasteiger partial charge in [-0.2, -0.15) is 0 Å². The van der Waals surface area contributed by atoms with Crippen molar-refractivity contribution in [2.24, 2.45) is 0 Å². The third-order valence-corrected chi connectivity index (χ3v) is 3.56. The normalized spacial score (nSPS) is 11.8. The lowest BCUT2D eigenvalue weighted by Crippen LogP contribution is -2.33. The Hall–Kier alpha value is -2.47. The second kappa shape index (κ2) is 9.74. The molecule has 1 aromatic heterocycles.